The van der Waals surface area contributed by atoms with Crippen LogP contribution in [-0.4, -0.2) is 9.55 Å². The Kier molecular flexibility index (Phi) is 6.69. The van der Waals surface area contributed by atoms with Crippen molar-refractivity contribution < 1.29 is 4.42 Å². The maximum atomic E-state index is 6.22. The number of fused-ring (bicyclic) bond motifs is 2. The summed E-state index contributed by atoms with van der Waals surface area (Å²) in [6.45, 7) is 6.85. The zero-order valence-electron chi connectivity index (χ0n) is 26.2. The van der Waals surface area contributed by atoms with Gasteiger partial charge in [-0.2, -0.15) is 0 Å². The van der Waals surface area contributed by atoms with Crippen molar-refractivity contribution in [1.82, 2.24) is 9.55 Å². The van der Waals surface area contributed by atoms with E-state index in [0.717, 1.165) is 66.9 Å². The molecule has 0 amide bonds. The van der Waals surface area contributed by atoms with Gasteiger partial charge in [-0.3, -0.25) is 4.57 Å². The Hall–Kier alpha value is -5.67. The second-order valence-corrected chi connectivity index (χ2v) is 12.9. The number of nitrogens with zero attached hydrogens (tertiary/aromatic N) is 2. The van der Waals surface area contributed by atoms with Crippen molar-refractivity contribution in [2.24, 2.45) is 0 Å². The van der Waals surface area contributed by atoms with E-state index in [1.807, 2.05) is 12.3 Å². The van der Waals surface area contributed by atoms with Crippen LogP contribution in [0.15, 0.2) is 156 Å². The van der Waals surface area contributed by atoms with E-state index in [1.54, 1.807) is 0 Å². The average Bonchev–Trinajstić information content (AvgIpc) is 3.69. The summed E-state index contributed by atoms with van der Waals surface area (Å²) >= 11 is 0. The minimum atomic E-state index is -0.0555. The molecule has 0 spiro atoms. The highest BCUT2D eigenvalue weighted by molar-refractivity contribution is 5.99. The van der Waals surface area contributed by atoms with Gasteiger partial charge >= 0.3 is 0 Å². The zero-order chi connectivity index (χ0) is 31.3. The number of hydrogen-bond acceptors (Lipinski definition) is 2. The van der Waals surface area contributed by atoms with Gasteiger partial charge in [0.05, 0.1) is 22.3 Å². The van der Waals surface area contributed by atoms with Gasteiger partial charge in [-0.05, 0) is 69.6 Å². The van der Waals surface area contributed by atoms with Gasteiger partial charge in [-0.1, -0.05) is 130 Å². The van der Waals surface area contributed by atoms with Crippen LogP contribution in [0.4, 0.5) is 0 Å². The normalized spacial score (nSPS) is 11.8. The number of rotatable bonds is 5. The van der Waals surface area contributed by atoms with E-state index in [4.69, 9.17) is 9.40 Å². The van der Waals surface area contributed by atoms with E-state index in [-0.39, 0.29) is 5.41 Å². The SMILES string of the molecule is CC(C)(C)c1cc(-c2ccccc2)c(-n2c(-c3coc4ccc(-c5ccccc5)cc34)nc3ccccc32)c(-c2ccccc2)c1. The molecule has 3 heteroatoms. The van der Waals surface area contributed by atoms with Crippen LogP contribution in [0.25, 0.3) is 72.5 Å². The molecular weight excluding hydrogens is 560 g/mol. The van der Waals surface area contributed by atoms with Crippen LogP contribution >= 0.6 is 0 Å². The first-order chi connectivity index (χ1) is 22.5. The third kappa shape index (κ3) is 4.81. The predicted octanol–water partition coefficient (Wildman–Crippen LogP) is 11.7. The van der Waals surface area contributed by atoms with Gasteiger partial charge in [0.1, 0.15) is 17.7 Å². The van der Waals surface area contributed by atoms with Crippen LogP contribution in [0.2, 0.25) is 0 Å². The van der Waals surface area contributed by atoms with Gasteiger partial charge in [0.25, 0.3) is 0 Å². The molecule has 46 heavy (non-hydrogen) atoms. The molecule has 0 atom stereocenters. The second-order valence-electron chi connectivity index (χ2n) is 12.9. The molecule has 0 radical (unpaired) electrons. The van der Waals surface area contributed by atoms with Crippen molar-refractivity contribution in [2.45, 2.75) is 26.2 Å². The third-order valence-corrected chi connectivity index (χ3v) is 8.85. The molecule has 0 fully saturated rings. The Balaban J connectivity index is 1.50. The first kappa shape index (κ1) is 27.8. The lowest BCUT2D eigenvalue weighted by Crippen LogP contribution is -2.13. The summed E-state index contributed by atoms with van der Waals surface area (Å²) in [5, 5.41) is 1.03. The van der Waals surface area contributed by atoms with Crippen molar-refractivity contribution in [3.05, 3.63) is 157 Å². The molecule has 0 unspecified atom stereocenters. The molecule has 222 valence electrons. The summed E-state index contributed by atoms with van der Waals surface area (Å²) in [5.74, 6) is 0.850. The highest BCUT2D eigenvalue weighted by Gasteiger charge is 2.26. The fourth-order valence-corrected chi connectivity index (χ4v) is 6.43. The van der Waals surface area contributed by atoms with E-state index in [0.29, 0.717) is 0 Å². The molecule has 0 saturated carbocycles. The molecule has 6 aromatic carbocycles. The Morgan fingerprint density at radius 2 is 1.11 bits per heavy atom. The fraction of sp³-hybridized carbons (Fsp3) is 0.0930. The number of aromatic nitrogens is 2. The standard InChI is InChI=1S/C43H34N2O/c1-43(2,3)33-26-34(30-17-9-5-10-18-30)41(35(27-33)31-19-11-6-12-20-31)45-39-22-14-13-21-38(39)44-42(45)37-28-46-40-24-23-32(25-36(37)40)29-15-7-4-8-16-29/h4-28H,1-3H3. The number of furan rings is 1. The summed E-state index contributed by atoms with van der Waals surface area (Å²) in [6, 6.07) is 51.5. The molecule has 8 aromatic rings. The Bertz CT molecular complexity index is 2260. The highest BCUT2D eigenvalue weighted by atomic mass is 16.3. The molecule has 2 aromatic heterocycles. The molecule has 3 nitrogen and oxygen atoms in total. The molecule has 0 N–H and O–H groups in total. The molecule has 2 heterocycles. The highest BCUT2D eigenvalue weighted by Crippen LogP contribution is 2.44. The summed E-state index contributed by atoms with van der Waals surface area (Å²) in [5.41, 5.74) is 13.1. The lowest BCUT2D eigenvalue weighted by atomic mass is 9.82. The number of para-hydroxylation sites is 2. The maximum absolute atomic E-state index is 6.22. The van der Waals surface area contributed by atoms with Gasteiger partial charge in [-0.15, -0.1) is 0 Å². The fourth-order valence-electron chi connectivity index (χ4n) is 6.43. The Labute approximate surface area is 269 Å². The Morgan fingerprint density at radius 3 is 1.72 bits per heavy atom. The van der Waals surface area contributed by atoms with Crippen molar-refractivity contribution in [1.29, 1.82) is 0 Å². The summed E-state index contributed by atoms with van der Waals surface area (Å²) in [4.78, 5) is 5.33. The van der Waals surface area contributed by atoms with Crippen molar-refractivity contribution in [2.75, 3.05) is 0 Å². The van der Waals surface area contributed by atoms with Gasteiger partial charge in [0, 0.05) is 16.5 Å². The monoisotopic (exact) mass is 594 g/mol. The second kappa shape index (κ2) is 11.0. The van der Waals surface area contributed by atoms with Crippen LogP contribution in [0, 0.1) is 0 Å². The largest absolute Gasteiger partial charge is 0.464 e. The smallest absolute Gasteiger partial charge is 0.149 e. The van der Waals surface area contributed by atoms with Crippen LogP contribution < -0.4 is 0 Å². The lowest BCUT2D eigenvalue weighted by Gasteiger charge is -2.26. The van der Waals surface area contributed by atoms with Gasteiger partial charge in [-0.25, -0.2) is 4.98 Å². The molecule has 0 aliphatic rings. The first-order valence-electron chi connectivity index (χ1n) is 15.8. The topological polar surface area (TPSA) is 31.0 Å². The van der Waals surface area contributed by atoms with E-state index < -0.39 is 0 Å². The maximum Gasteiger partial charge on any atom is 0.149 e. The van der Waals surface area contributed by atoms with E-state index in [1.165, 1.54) is 11.1 Å². The van der Waals surface area contributed by atoms with Crippen molar-refractivity contribution in [3.8, 4) is 50.5 Å². The van der Waals surface area contributed by atoms with Crippen molar-refractivity contribution >= 4 is 22.0 Å². The molecular formula is C43H34N2O. The molecule has 0 aliphatic heterocycles. The zero-order valence-corrected chi connectivity index (χ0v) is 26.2. The van der Waals surface area contributed by atoms with Crippen LogP contribution in [0.5, 0.6) is 0 Å². The minimum absolute atomic E-state index is 0.0555. The molecule has 0 saturated heterocycles. The van der Waals surface area contributed by atoms with E-state index in [9.17, 15) is 0 Å². The summed E-state index contributed by atoms with van der Waals surface area (Å²) < 4.78 is 8.57. The van der Waals surface area contributed by atoms with Gasteiger partial charge in [0.2, 0.25) is 0 Å². The molecule has 0 aliphatic carbocycles. The number of imidazole rings is 1. The van der Waals surface area contributed by atoms with Crippen LogP contribution in [0.3, 0.4) is 0 Å². The third-order valence-electron chi connectivity index (χ3n) is 8.85. The van der Waals surface area contributed by atoms with E-state index >= 15 is 0 Å². The van der Waals surface area contributed by atoms with Crippen LogP contribution in [0.1, 0.15) is 26.3 Å². The lowest BCUT2D eigenvalue weighted by molar-refractivity contribution is 0.590. The molecule has 8 rings (SSSR count). The number of benzene rings is 6. The number of hydrogen-bond donors (Lipinski definition) is 0. The van der Waals surface area contributed by atoms with Crippen LogP contribution in [-0.2, 0) is 5.41 Å². The minimum Gasteiger partial charge on any atom is -0.464 e. The Morgan fingerprint density at radius 1 is 0.543 bits per heavy atom. The molecule has 0 bridgehead atoms. The predicted molar refractivity (Wildman–Crippen MR) is 191 cm³/mol. The first-order valence-corrected chi connectivity index (χ1v) is 15.8. The van der Waals surface area contributed by atoms with Gasteiger partial charge in [0.15, 0.2) is 0 Å². The van der Waals surface area contributed by atoms with Gasteiger partial charge < -0.3 is 4.42 Å². The summed E-state index contributed by atoms with van der Waals surface area (Å²) in [7, 11) is 0. The average molecular weight is 595 g/mol. The van der Waals surface area contributed by atoms with Crippen molar-refractivity contribution in [3.63, 3.8) is 0 Å². The summed E-state index contributed by atoms with van der Waals surface area (Å²) in [6.07, 6.45) is 1.87. The quantitative estimate of drug-likeness (QED) is 0.198. The van der Waals surface area contributed by atoms with E-state index in [2.05, 4.69) is 165 Å².